The number of methoxy groups -OCH3 is 2. The summed E-state index contributed by atoms with van der Waals surface area (Å²) in [6.45, 7) is 0.169. The van der Waals surface area contributed by atoms with Crippen LogP contribution in [0, 0.1) is 0 Å². The van der Waals surface area contributed by atoms with Crippen LogP contribution in [0.3, 0.4) is 0 Å². The first kappa shape index (κ1) is 23.7. The summed E-state index contributed by atoms with van der Waals surface area (Å²) in [4.78, 5) is 26.6. The Morgan fingerprint density at radius 1 is 1.03 bits per heavy atom. The predicted molar refractivity (Wildman–Crippen MR) is 128 cm³/mol. The van der Waals surface area contributed by atoms with Crippen LogP contribution >= 0.6 is 34.5 Å². The van der Waals surface area contributed by atoms with Crippen molar-refractivity contribution in [3.63, 3.8) is 0 Å². The van der Waals surface area contributed by atoms with Crippen molar-refractivity contribution >= 4 is 52.4 Å². The molecule has 166 valence electrons. The van der Waals surface area contributed by atoms with Crippen LogP contribution in [0.4, 0.5) is 0 Å². The van der Waals surface area contributed by atoms with Crippen LogP contribution in [0.25, 0.3) is 6.08 Å². The zero-order valence-electron chi connectivity index (χ0n) is 17.3. The molecule has 6 nitrogen and oxygen atoms in total. The molecule has 0 fully saturated rings. The van der Waals surface area contributed by atoms with E-state index in [2.05, 4.69) is 10.6 Å². The molecule has 0 saturated heterocycles. The van der Waals surface area contributed by atoms with Gasteiger partial charge in [-0.3, -0.25) is 9.59 Å². The Hall–Kier alpha value is -3.00. The van der Waals surface area contributed by atoms with Crippen molar-refractivity contribution < 1.29 is 19.1 Å². The number of rotatable bonds is 8. The van der Waals surface area contributed by atoms with Crippen LogP contribution in [0.5, 0.6) is 11.5 Å². The number of hydrogen-bond acceptors (Lipinski definition) is 5. The van der Waals surface area contributed by atoms with Gasteiger partial charge in [0.05, 0.1) is 14.2 Å². The number of halogens is 2. The molecule has 0 bridgehead atoms. The third-order valence-electron chi connectivity index (χ3n) is 4.42. The van der Waals surface area contributed by atoms with Crippen molar-refractivity contribution in [2.75, 3.05) is 14.2 Å². The SMILES string of the molecule is COc1ccc(C(=O)N/C(=C\c2cccs2)C(=O)NCc2ccc(Cl)cc2Cl)cc1OC. The topological polar surface area (TPSA) is 76.7 Å². The van der Waals surface area contributed by atoms with Crippen molar-refractivity contribution in [2.24, 2.45) is 0 Å². The minimum absolute atomic E-state index is 0.0947. The molecule has 2 amide bonds. The molecule has 32 heavy (non-hydrogen) atoms. The van der Waals surface area contributed by atoms with Gasteiger partial charge in [0.2, 0.25) is 0 Å². The smallest absolute Gasteiger partial charge is 0.268 e. The number of benzene rings is 2. The van der Waals surface area contributed by atoms with Crippen LogP contribution in [0.15, 0.2) is 59.6 Å². The molecule has 0 unspecified atom stereocenters. The maximum Gasteiger partial charge on any atom is 0.268 e. The zero-order valence-corrected chi connectivity index (χ0v) is 19.6. The molecule has 0 spiro atoms. The van der Waals surface area contributed by atoms with Gasteiger partial charge in [0, 0.05) is 27.0 Å². The quantitative estimate of drug-likeness (QED) is 0.427. The number of ether oxygens (including phenoxy) is 2. The first-order chi connectivity index (χ1) is 15.4. The molecule has 2 N–H and O–H groups in total. The average Bonchev–Trinajstić information content (AvgIpc) is 3.30. The van der Waals surface area contributed by atoms with Crippen LogP contribution in [-0.2, 0) is 11.3 Å². The summed E-state index contributed by atoms with van der Waals surface area (Å²) in [7, 11) is 2.99. The number of hydrogen-bond donors (Lipinski definition) is 2. The second kappa shape index (κ2) is 11.0. The van der Waals surface area contributed by atoms with Crippen molar-refractivity contribution in [3.05, 3.63) is 85.7 Å². The van der Waals surface area contributed by atoms with E-state index in [0.29, 0.717) is 32.7 Å². The summed E-state index contributed by atoms with van der Waals surface area (Å²) in [5, 5.41) is 8.29. The molecular weight excluding hydrogens is 471 g/mol. The monoisotopic (exact) mass is 490 g/mol. The Morgan fingerprint density at radius 3 is 2.47 bits per heavy atom. The predicted octanol–water partition coefficient (Wildman–Crippen LogP) is 5.16. The summed E-state index contributed by atoms with van der Waals surface area (Å²) < 4.78 is 10.5. The minimum atomic E-state index is -0.464. The highest BCUT2D eigenvalue weighted by molar-refractivity contribution is 7.10. The maximum atomic E-state index is 12.9. The third kappa shape index (κ3) is 6.03. The van der Waals surface area contributed by atoms with Gasteiger partial charge in [0.25, 0.3) is 11.8 Å². The number of amides is 2. The molecule has 0 aliphatic rings. The van der Waals surface area contributed by atoms with Gasteiger partial charge in [-0.1, -0.05) is 35.3 Å². The Balaban J connectivity index is 1.80. The Labute approximate surface area is 199 Å². The lowest BCUT2D eigenvalue weighted by molar-refractivity contribution is -0.117. The molecular formula is C23H20Cl2N2O4S. The standard InChI is InChI=1S/C23H20Cl2N2O4S/c1-30-20-8-6-14(10-21(20)31-2)22(28)27-19(12-17-4-3-9-32-17)23(29)26-13-15-5-7-16(24)11-18(15)25/h3-12H,13H2,1-2H3,(H,26,29)(H,27,28)/b19-12-. The Morgan fingerprint density at radius 2 is 1.81 bits per heavy atom. The van der Waals surface area contributed by atoms with E-state index in [0.717, 1.165) is 4.88 Å². The largest absolute Gasteiger partial charge is 0.493 e. The molecule has 0 atom stereocenters. The van der Waals surface area contributed by atoms with E-state index >= 15 is 0 Å². The Bertz CT molecular complexity index is 1150. The molecule has 9 heteroatoms. The van der Waals surface area contributed by atoms with Crippen LogP contribution < -0.4 is 20.1 Å². The molecule has 0 aliphatic carbocycles. The molecule has 0 aliphatic heterocycles. The van der Waals surface area contributed by atoms with Gasteiger partial charge in [0.15, 0.2) is 11.5 Å². The van der Waals surface area contributed by atoms with E-state index in [1.54, 1.807) is 42.5 Å². The van der Waals surface area contributed by atoms with Crippen LogP contribution in [0.1, 0.15) is 20.8 Å². The third-order valence-corrected chi connectivity index (χ3v) is 5.83. The van der Waals surface area contributed by atoms with E-state index in [1.165, 1.54) is 25.6 Å². The zero-order chi connectivity index (χ0) is 23.1. The highest BCUT2D eigenvalue weighted by Crippen LogP contribution is 2.27. The molecule has 0 saturated carbocycles. The molecule has 1 aromatic heterocycles. The normalized spacial score (nSPS) is 11.1. The first-order valence-corrected chi connectivity index (χ1v) is 11.1. The van der Waals surface area contributed by atoms with Crippen molar-refractivity contribution in [2.45, 2.75) is 6.54 Å². The van der Waals surface area contributed by atoms with E-state index in [1.807, 2.05) is 17.5 Å². The molecule has 0 radical (unpaired) electrons. The fourth-order valence-electron chi connectivity index (χ4n) is 2.78. The highest BCUT2D eigenvalue weighted by Gasteiger charge is 2.17. The van der Waals surface area contributed by atoms with Gasteiger partial charge >= 0.3 is 0 Å². The van der Waals surface area contributed by atoms with Crippen LogP contribution in [0.2, 0.25) is 10.0 Å². The average molecular weight is 491 g/mol. The fraction of sp³-hybridized carbons (Fsp3) is 0.130. The van der Waals surface area contributed by atoms with Crippen molar-refractivity contribution in [3.8, 4) is 11.5 Å². The van der Waals surface area contributed by atoms with Gasteiger partial charge in [-0.05, 0) is 53.4 Å². The van der Waals surface area contributed by atoms with Gasteiger partial charge < -0.3 is 20.1 Å². The first-order valence-electron chi connectivity index (χ1n) is 9.42. The number of thiophene rings is 1. The lowest BCUT2D eigenvalue weighted by Gasteiger charge is -2.13. The molecule has 2 aromatic carbocycles. The lowest BCUT2D eigenvalue weighted by atomic mass is 10.1. The van der Waals surface area contributed by atoms with Gasteiger partial charge in [-0.2, -0.15) is 0 Å². The summed E-state index contributed by atoms with van der Waals surface area (Å²) in [6.07, 6.45) is 1.61. The summed E-state index contributed by atoms with van der Waals surface area (Å²) in [5.74, 6) is -0.0200. The summed E-state index contributed by atoms with van der Waals surface area (Å²) >= 11 is 13.5. The number of carbonyl (C=O) groups is 2. The Kier molecular flexibility index (Phi) is 8.16. The van der Waals surface area contributed by atoms with Crippen molar-refractivity contribution in [1.29, 1.82) is 0 Å². The lowest BCUT2D eigenvalue weighted by Crippen LogP contribution is -2.34. The summed E-state index contributed by atoms with van der Waals surface area (Å²) in [6, 6.07) is 13.5. The van der Waals surface area contributed by atoms with Gasteiger partial charge in [0.1, 0.15) is 5.70 Å². The second-order valence-corrected chi connectivity index (χ2v) is 8.34. The van der Waals surface area contributed by atoms with E-state index < -0.39 is 11.8 Å². The van der Waals surface area contributed by atoms with Crippen molar-refractivity contribution in [1.82, 2.24) is 10.6 Å². The summed E-state index contributed by atoms with van der Waals surface area (Å²) in [5.41, 5.74) is 1.11. The fourth-order valence-corrected chi connectivity index (χ4v) is 3.91. The molecule has 3 aromatic rings. The van der Waals surface area contributed by atoms with E-state index in [9.17, 15) is 9.59 Å². The molecule has 3 rings (SSSR count). The van der Waals surface area contributed by atoms with E-state index in [-0.39, 0.29) is 12.2 Å². The molecule has 1 heterocycles. The highest BCUT2D eigenvalue weighted by atomic mass is 35.5. The minimum Gasteiger partial charge on any atom is -0.493 e. The second-order valence-electron chi connectivity index (χ2n) is 6.52. The van der Waals surface area contributed by atoms with Gasteiger partial charge in [-0.15, -0.1) is 11.3 Å². The van der Waals surface area contributed by atoms with E-state index in [4.69, 9.17) is 32.7 Å². The maximum absolute atomic E-state index is 12.9. The van der Waals surface area contributed by atoms with Gasteiger partial charge in [-0.25, -0.2) is 0 Å². The number of nitrogens with one attached hydrogen (secondary N) is 2. The number of carbonyl (C=O) groups excluding carboxylic acids is 2. The van der Waals surface area contributed by atoms with Crippen LogP contribution in [-0.4, -0.2) is 26.0 Å².